The van der Waals surface area contributed by atoms with Crippen LogP contribution in [0.5, 0.6) is 0 Å². The van der Waals surface area contributed by atoms with E-state index in [0.29, 0.717) is 0 Å². The summed E-state index contributed by atoms with van der Waals surface area (Å²) in [6.45, 7) is 0. The van der Waals surface area contributed by atoms with Gasteiger partial charge in [0.2, 0.25) is 0 Å². The zero-order valence-corrected chi connectivity index (χ0v) is 9.08. The van der Waals surface area contributed by atoms with Gasteiger partial charge in [0.1, 0.15) is 0 Å². The summed E-state index contributed by atoms with van der Waals surface area (Å²) < 4.78 is 0. The standard InChI is InChI=1S/Al.4ClH.Mg.Ti.5H/h;4*1H;;;;;;;/q;;;;;+2;;;;;2*-1. The second-order valence-electron chi connectivity index (χ2n) is 0. The van der Waals surface area contributed by atoms with Crippen molar-refractivity contribution in [3.8, 4) is 0 Å². The van der Waals surface area contributed by atoms with Crippen LogP contribution in [0.1, 0.15) is 2.85 Å². The summed E-state index contributed by atoms with van der Waals surface area (Å²) in [6.07, 6.45) is 0. The van der Waals surface area contributed by atoms with Crippen molar-refractivity contribution < 1.29 is 24.6 Å². The van der Waals surface area contributed by atoms with E-state index >= 15 is 0 Å². The molecule has 0 N–H and O–H groups in total. The van der Waals surface area contributed by atoms with Gasteiger partial charge in [-0.3, -0.25) is 0 Å². The Hall–Kier alpha value is 3.17. The Balaban J connectivity index is 0. The van der Waals surface area contributed by atoms with E-state index in [1.807, 2.05) is 0 Å². The van der Waals surface area contributed by atoms with Gasteiger partial charge in [0.05, 0.1) is 0 Å². The van der Waals surface area contributed by atoms with E-state index in [1.54, 1.807) is 0 Å². The molecule has 0 fully saturated rings. The smallest absolute Gasteiger partial charge is 1.00 e. The molecule has 0 bridgehead atoms. The molecule has 46 valence electrons. The van der Waals surface area contributed by atoms with Gasteiger partial charge in [0.25, 0.3) is 0 Å². The molecule has 7 heavy (non-hydrogen) atoms. The number of hydrogen-bond acceptors (Lipinski definition) is 0. The molecule has 0 spiro atoms. The van der Waals surface area contributed by atoms with Gasteiger partial charge in [0.15, 0.2) is 17.4 Å². The van der Waals surface area contributed by atoms with Crippen molar-refractivity contribution in [3.63, 3.8) is 0 Å². The molecule has 7 heteroatoms. The van der Waals surface area contributed by atoms with Crippen molar-refractivity contribution in [1.82, 2.24) is 0 Å². The van der Waals surface area contributed by atoms with Crippen molar-refractivity contribution in [2.75, 3.05) is 0 Å². The summed E-state index contributed by atoms with van der Waals surface area (Å²) in [5, 5.41) is 0. The van der Waals surface area contributed by atoms with Crippen LogP contribution >= 0.6 is 49.6 Å². The van der Waals surface area contributed by atoms with Crippen LogP contribution in [0.3, 0.4) is 0 Å². The van der Waals surface area contributed by atoms with Crippen LogP contribution in [0.15, 0.2) is 0 Å². The third kappa shape index (κ3) is 46.9. The molecule has 0 aromatic carbocycles. The molecule has 0 saturated heterocycles. The largest absolute Gasteiger partial charge is 2.00 e. The fourth-order valence-corrected chi connectivity index (χ4v) is 0. The van der Waals surface area contributed by atoms with Crippen molar-refractivity contribution in [2.24, 2.45) is 0 Å². The molecule has 0 aromatic heterocycles. The second kappa shape index (κ2) is 60.9. The summed E-state index contributed by atoms with van der Waals surface area (Å²) in [5.74, 6) is 0. The van der Waals surface area contributed by atoms with Gasteiger partial charge in [-0.05, 0) is 0 Å². The van der Waals surface area contributed by atoms with Crippen molar-refractivity contribution in [3.05, 3.63) is 0 Å². The molecule has 0 nitrogen and oxygen atoms in total. The zero-order valence-electron chi connectivity index (χ0n) is 4.84. The summed E-state index contributed by atoms with van der Waals surface area (Å²) in [5.41, 5.74) is 0. The maximum Gasteiger partial charge on any atom is 2.00 e. The van der Waals surface area contributed by atoms with Crippen LogP contribution in [0.2, 0.25) is 0 Å². The molecular weight excluding hydrogens is 241 g/mol. The fraction of sp³-hybridized carbons (Fsp3) is 0. The molecule has 0 aliphatic carbocycles. The van der Waals surface area contributed by atoms with Crippen molar-refractivity contribution in [1.29, 1.82) is 0 Å². The molecule has 0 saturated carbocycles. The average molecular weight is 250 g/mol. The van der Waals surface area contributed by atoms with E-state index in [2.05, 4.69) is 0 Å². The van der Waals surface area contributed by atoms with E-state index in [0.717, 1.165) is 0 Å². The van der Waals surface area contributed by atoms with Crippen LogP contribution in [-0.4, -0.2) is 40.4 Å². The molecule has 0 amide bonds. The first-order chi connectivity index (χ1) is 0. The molecular formula is H9AlCl4MgTi. The van der Waals surface area contributed by atoms with Crippen molar-refractivity contribution >= 4 is 90.0 Å². The topological polar surface area (TPSA) is 0 Å². The van der Waals surface area contributed by atoms with E-state index < -0.39 is 0 Å². The van der Waals surface area contributed by atoms with Crippen molar-refractivity contribution in [2.45, 2.75) is 0 Å². The molecule has 0 unspecified atom stereocenters. The minimum Gasteiger partial charge on any atom is -1.00 e. The van der Waals surface area contributed by atoms with Gasteiger partial charge < -0.3 is 2.85 Å². The van der Waals surface area contributed by atoms with Gasteiger partial charge in [-0.1, -0.05) is 0 Å². The Bertz CT molecular complexity index is 18.5. The molecule has 0 aliphatic heterocycles. The second-order valence-corrected chi connectivity index (χ2v) is 0. The van der Waals surface area contributed by atoms with E-state index in [-0.39, 0.29) is 115 Å². The number of rotatable bonds is 0. The first-order valence-electron chi connectivity index (χ1n) is 0. The van der Waals surface area contributed by atoms with Gasteiger partial charge >= 0.3 is 23.1 Å². The zero-order chi connectivity index (χ0) is 0. The minimum atomic E-state index is 0. The minimum absolute atomic E-state index is 0. The van der Waals surface area contributed by atoms with Crippen LogP contribution in [-0.2, 0) is 21.7 Å². The van der Waals surface area contributed by atoms with Gasteiger partial charge in [-0.25, -0.2) is 0 Å². The predicted octanol–water partition coefficient (Wildman–Crippen LogP) is 0.345. The Labute approximate surface area is 113 Å². The first kappa shape index (κ1) is 85.0. The maximum atomic E-state index is 0. The Morgan fingerprint density at radius 3 is 0.714 bits per heavy atom. The maximum absolute atomic E-state index is 0. The summed E-state index contributed by atoms with van der Waals surface area (Å²) >= 11 is 0. The van der Waals surface area contributed by atoms with Crippen LogP contribution in [0.4, 0.5) is 0 Å². The molecule has 0 aliphatic rings. The first-order valence-corrected chi connectivity index (χ1v) is 0. The van der Waals surface area contributed by atoms with Gasteiger partial charge in [-0.2, -0.15) is 0 Å². The number of halogens is 4. The monoisotopic (exact) mass is 248 g/mol. The molecule has 0 heterocycles. The van der Waals surface area contributed by atoms with E-state index in [9.17, 15) is 0 Å². The summed E-state index contributed by atoms with van der Waals surface area (Å²) in [6, 6.07) is 0. The predicted molar refractivity (Wildman–Crippen MR) is 46.9 cm³/mol. The van der Waals surface area contributed by atoms with E-state index in [1.165, 1.54) is 0 Å². The Morgan fingerprint density at radius 1 is 0.714 bits per heavy atom. The summed E-state index contributed by atoms with van der Waals surface area (Å²) in [7, 11) is 0. The van der Waals surface area contributed by atoms with Crippen LogP contribution < -0.4 is 0 Å². The third-order valence-electron chi connectivity index (χ3n) is 0. The summed E-state index contributed by atoms with van der Waals surface area (Å²) in [4.78, 5) is 0. The van der Waals surface area contributed by atoms with Gasteiger partial charge in [-0.15, -0.1) is 49.6 Å². The quantitative estimate of drug-likeness (QED) is 0.544. The normalized spacial score (nSPS) is 0. The fourth-order valence-electron chi connectivity index (χ4n) is 0. The SMILES string of the molecule is Cl.Cl.Cl.Cl.[AlH3].[H-].[H-].[Mg+2].[Ti]. The van der Waals surface area contributed by atoms with Crippen LogP contribution in [0.25, 0.3) is 0 Å². The Kier molecular flexibility index (Phi) is 739. The van der Waals surface area contributed by atoms with Crippen LogP contribution in [0, 0.1) is 0 Å². The average Bonchev–Trinajstić information content (AvgIpc) is 0. The molecule has 0 atom stereocenters. The Morgan fingerprint density at radius 2 is 0.714 bits per heavy atom. The molecule has 0 rings (SSSR count). The van der Waals surface area contributed by atoms with Gasteiger partial charge in [0, 0.05) is 21.7 Å². The molecule has 0 aromatic rings. The number of hydrogen-bond donors (Lipinski definition) is 0. The third-order valence-corrected chi connectivity index (χ3v) is 0. The van der Waals surface area contributed by atoms with E-state index in [4.69, 9.17) is 0 Å². The molecule has 0 radical (unpaired) electrons.